The number of carbonyl (C=O) groups is 1. The van der Waals surface area contributed by atoms with Crippen molar-refractivity contribution in [2.45, 2.75) is 13.8 Å². The lowest BCUT2D eigenvalue weighted by Gasteiger charge is -2.07. The maximum absolute atomic E-state index is 11.7. The van der Waals surface area contributed by atoms with Gasteiger partial charge in [-0.2, -0.15) is 0 Å². The summed E-state index contributed by atoms with van der Waals surface area (Å²) in [5.74, 6) is 0.748. The summed E-state index contributed by atoms with van der Waals surface area (Å²) in [6.07, 6.45) is 3.47. The molecule has 0 aliphatic carbocycles. The molecule has 0 fully saturated rings. The van der Waals surface area contributed by atoms with Crippen LogP contribution in [0.25, 0.3) is 22.4 Å². The average Bonchev–Trinajstić information content (AvgIpc) is 2.91. The van der Waals surface area contributed by atoms with Gasteiger partial charge >= 0.3 is 0 Å². The molecule has 3 aromatic rings. The third-order valence-electron chi connectivity index (χ3n) is 3.23. The molecule has 106 valence electrons. The molecule has 1 amide bonds. The summed E-state index contributed by atoms with van der Waals surface area (Å²) in [6.45, 7) is 3.73. The highest BCUT2D eigenvalue weighted by Gasteiger charge is 2.09. The molecule has 0 bridgehead atoms. The van der Waals surface area contributed by atoms with E-state index in [1.165, 1.54) is 0 Å². The monoisotopic (exact) mass is 280 g/mol. The molecule has 2 heterocycles. The highest BCUT2D eigenvalue weighted by atomic mass is 16.1. The lowest BCUT2D eigenvalue weighted by molar-refractivity contribution is -0.118. The fourth-order valence-corrected chi connectivity index (χ4v) is 2.02. The predicted octanol–water partition coefficient (Wildman–Crippen LogP) is 3.22. The third-order valence-corrected chi connectivity index (χ3v) is 3.23. The fraction of sp³-hybridized carbons (Fsp3) is 0.188. The highest BCUT2D eigenvalue weighted by Crippen LogP contribution is 2.22. The number of rotatable bonds is 3. The SMILES string of the molecule is CC(C)C(=O)Nc1ccc2nc(-c3ccncc3)[nH]c2c1. The third kappa shape index (κ3) is 2.76. The Balaban J connectivity index is 1.94. The van der Waals surface area contributed by atoms with E-state index in [9.17, 15) is 4.79 Å². The van der Waals surface area contributed by atoms with E-state index in [0.29, 0.717) is 0 Å². The van der Waals surface area contributed by atoms with Crippen LogP contribution < -0.4 is 5.32 Å². The summed E-state index contributed by atoms with van der Waals surface area (Å²) in [5, 5.41) is 2.89. The number of carbonyl (C=O) groups excluding carboxylic acids is 1. The van der Waals surface area contributed by atoms with E-state index in [1.807, 2.05) is 44.2 Å². The predicted molar refractivity (Wildman–Crippen MR) is 82.8 cm³/mol. The van der Waals surface area contributed by atoms with Crippen molar-refractivity contribution in [2.75, 3.05) is 5.32 Å². The van der Waals surface area contributed by atoms with Gasteiger partial charge in [0.1, 0.15) is 5.82 Å². The number of pyridine rings is 1. The van der Waals surface area contributed by atoms with Crippen molar-refractivity contribution in [1.29, 1.82) is 0 Å². The molecular weight excluding hydrogens is 264 g/mol. The van der Waals surface area contributed by atoms with Gasteiger partial charge in [0.25, 0.3) is 0 Å². The first-order valence-electron chi connectivity index (χ1n) is 6.84. The number of anilines is 1. The van der Waals surface area contributed by atoms with Crippen LogP contribution in [0.2, 0.25) is 0 Å². The van der Waals surface area contributed by atoms with Gasteiger partial charge in [0.2, 0.25) is 5.91 Å². The smallest absolute Gasteiger partial charge is 0.226 e. The van der Waals surface area contributed by atoms with Crippen LogP contribution in [-0.2, 0) is 4.79 Å². The van der Waals surface area contributed by atoms with Gasteiger partial charge in [-0.25, -0.2) is 4.98 Å². The Morgan fingerprint density at radius 2 is 1.95 bits per heavy atom. The largest absolute Gasteiger partial charge is 0.338 e. The van der Waals surface area contributed by atoms with E-state index in [4.69, 9.17) is 0 Å². The first kappa shape index (κ1) is 13.3. The summed E-state index contributed by atoms with van der Waals surface area (Å²) in [5.41, 5.74) is 3.51. The number of amides is 1. The lowest BCUT2D eigenvalue weighted by Crippen LogP contribution is -2.17. The number of nitrogens with zero attached hydrogens (tertiary/aromatic N) is 2. The number of hydrogen-bond donors (Lipinski definition) is 2. The van der Waals surface area contributed by atoms with Crippen LogP contribution in [0.3, 0.4) is 0 Å². The number of benzene rings is 1. The van der Waals surface area contributed by atoms with Crippen molar-refractivity contribution >= 4 is 22.6 Å². The molecule has 2 aromatic heterocycles. The zero-order chi connectivity index (χ0) is 14.8. The molecule has 0 radical (unpaired) electrons. The van der Waals surface area contributed by atoms with Gasteiger partial charge in [0.05, 0.1) is 11.0 Å². The van der Waals surface area contributed by atoms with Crippen molar-refractivity contribution in [3.63, 3.8) is 0 Å². The molecular formula is C16H16N4O. The van der Waals surface area contributed by atoms with Crippen LogP contribution in [0.1, 0.15) is 13.8 Å². The van der Waals surface area contributed by atoms with Gasteiger partial charge in [0.15, 0.2) is 0 Å². The number of hydrogen-bond acceptors (Lipinski definition) is 3. The van der Waals surface area contributed by atoms with E-state index in [2.05, 4.69) is 20.3 Å². The van der Waals surface area contributed by atoms with Gasteiger partial charge in [0, 0.05) is 29.6 Å². The summed E-state index contributed by atoms with van der Waals surface area (Å²) in [7, 11) is 0. The Labute approximate surface area is 122 Å². The molecule has 0 aliphatic rings. The zero-order valence-corrected chi connectivity index (χ0v) is 11.9. The second-order valence-corrected chi connectivity index (χ2v) is 5.20. The Morgan fingerprint density at radius 1 is 1.19 bits per heavy atom. The maximum atomic E-state index is 11.7. The normalized spacial score (nSPS) is 11.0. The molecule has 5 heteroatoms. The van der Waals surface area contributed by atoms with E-state index in [1.54, 1.807) is 12.4 Å². The Hall–Kier alpha value is -2.69. The van der Waals surface area contributed by atoms with Gasteiger partial charge in [-0.15, -0.1) is 0 Å². The second-order valence-electron chi connectivity index (χ2n) is 5.20. The van der Waals surface area contributed by atoms with E-state index in [0.717, 1.165) is 28.1 Å². The number of fused-ring (bicyclic) bond motifs is 1. The van der Waals surface area contributed by atoms with Crippen molar-refractivity contribution in [2.24, 2.45) is 5.92 Å². The number of H-pyrrole nitrogens is 1. The Bertz CT molecular complexity index is 777. The van der Waals surface area contributed by atoms with Gasteiger partial charge in [-0.3, -0.25) is 9.78 Å². The lowest BCUT2D eigenvalue weighted by atomic mass is 10.2. The first-order chi connectivity index (χ1) is 10.1. The summed E-state index contributed by atoms with van der Waals surface area (Å²) in [6, 6.07) is 9.46. The van der Waals surface area contributed by atoms with Gasteiger partial charge in [-0.1, -0.05) is 13.8 Å². The first-order valence-corrected chi connectivity index (χ1v) is 6.84. The molecule has 2 N–H and O–H groups in total. The van der Waals surface area contributed by atoms with Gasteiger partial charge < -0.3 is 10.3 Å². The minimum absolute atomic E-state index is 0.00298. The molecule has 0 saturated heterocycles. The molecule has 0 spiro atoms. The van der Waals surface area contributed by atoms with Gasteiger partial charge in [-0.05, 0) is 30.3 Å². The second kappa shape index (κ2) is 5.36. The topological polar surface area (TPSA) is 70.7 Å². The van der Waals surface area contributed by atoms with Crippen LogP contribution in [0.15, 0.2) is 42.7 Å². The molecule has 1 aromatic carbocycles. The quantitative estimate of drug-likeness (QED) is 0.773. The van der Waals surface area contributed by atoms with E-state index in [-0.39, 0.29) is 11.8 Å². The average molecular weight is 280 g/mol. The van der Waals surface area contributed by atoms with Crippen LogP contribution >= 0.6 is 0 Å². The number of aromatic amines is 1. The van der Waals surface area contributed by atoms with E-state index >= 15 is 0 Å². The minimum Gasteiger partial charge on any atom is -0.338 e. The number of aromatic nitrogens is 3. The van der Waals surface area contributed by atoms with Crippen LogP contribution in [0.4, 0.5) is 5.69 Å². The highest BCUT2D eigenvalue weighted by molar-refractivity contribution is 5.94. The molecule has 0 atom stereocenters. The number of imidazole rings is 1. The molecule has 3 rings (SSSR count). The van der Waals surface area contributed by atoms with Crippen molar-refractivity contribution in [3.8, 4) is 11.4 Å². The Kier molecular flexibility index (Phi) is 3.39. The van der Waals surface area contributed by atoms with Crippen molar-refractivity contribution in [1.82, 2.24) is 15.0 Å². The molecule has 21 heavy (non-hydrogen) atoms. The molecule has 0 saturated carbocycles. The standard InChI is InChI=1S/C16H16N4O/c1-10(2)16(21)18-12-3-4-13-14(9-12)20-15(19-13)11-5-7-17-8-6-11/h3-10H,1-2H3,(H,18,21)(H,19,20). The van der Waals surface area contributed by atoms with Crippen molar-refractivity contribution in [3.05, 3.63) is 42.7 Å². The Morgan fingerprint density at radius 3 is 2.67 bits per heavy atom. The molecule has 0 unspecified atom stereocenters. The van der Waals surface area contributed by atoms with E-state index < -0.39 is 0 Å². The fourth-order valence-electron chi connectivity index (χ4n) is 2.02. The molecule has 0 aliphatic heterocycles. The summed E-state index contributed by atoms with van der Waals surface area (Å²) < 4.78 is 0. The van der Waals surface area contributed by atoms with Crippen molar-refractivity contribution < 1.29 is 4.79 Å². The zero-order valence-electron chi connectivity index (χ0n) is 11.9. The summed E-state index contributed by atoms with van der Waals surface area (Å²) >= 11 is 0. The van der Waals surface area contributed by atoms with Crippen LogP contribution in [-0.4, -0.2) is 20.9 Å². The minimum atomic E-state index is -0.0464. The summed E-state index contributed by atoms with van der Waals surface area (Å²) in [4.78, 5) is 23.5. The van der Waals surface area contributed by atoms with Crippen LogP contribution in [0.5, 0.6) is 0 Å². The maximum Gasteiger partial charge on any atom is 0.226 e. The molecule has 5 nitrogen and oxygen atoms in total. The van der Waals surface area contributed by atoms with Crippen LogP contribution in [0, 0.1) is 5.92 Å². The number of nitrogens with one attached hydrogen (secondary N) is 2.